The van der Waals surface area contributed by atoms with Crippen molar-refractivity contribution in [2.75, 3.05) is 6.61 Å². The third kappa shape index (κ3) is 3.39. The first-order valence-electron chi connectivity index (χ1n) is 10.7. The highest BCUT2D eigenvalue weighted by molar-refractivity contribution is 5.76. The molecular formula is C24H28O4. The first kappa shape index (κ1) is 18.0. The van der Waals surface area contributed by atoms with Crippen LogP contribution in [0, 0.1) is 6.92 Å². The Hall–Kier alpha value is -2.07. The molecule has 0 spiro atoms. The number of aliphatic carboxylic acids is 1. The van der Waals surface area contributed by atoms with E-state index >= 15 is 0 Å². The van der Waals surface area contributed by atoms with Gasteiger partial charge >= 0.3 is 5.97 Å². The van der Waals surface area contributed by atoms with Gasteiger partial charge in [-0.25, -0.2) is 4.79 Å². The number of hydrogen-bond donors (Lipinski definition) is 1. The number of benzene rings is 1. The molecule has 148 valence electrons. The molecule has 1 N–H and O–H groups in total. The van der Waals surface area contributed by atoms with Gasteiger partial charge in [-0.3, -0.25) is 0 Å². The molecule has 3 aliphatic carbocycles. The molecule has 4 heteroatoms. The van der Waals surface area contributed by atoms with Crippen LogP contribution in [0.15, 0.2) is 35.6 Å². The highest BCUT2D eigenvalue weighted by Gasteiger charge is 2.38. The zero-order valence-corrected chi connectivity index (χ0v) is 16.4. The largest absolute Gasteiger partial charge is 0.494 e. The molecule has 3 fully saturated rings. The average molecular weight is 380 g/mol. The van der Waals surface area contributed by atoms with Gasteiger partial charge in [-0.05, 0) is 91.7 Å². The van der Waals surface area contributed by atoms with Gasteiger partial charge in [0, 0.05) is 5.92 Å². The monoisotopic (exact) mass is 380 g/mol. The maximum atomic E-state index is 12.2. The summed E-state index contributed by atoms with van der Waals surface area (Å²) >= 11 is 0. The van der Waals surface area contributed by atoms with E-state index in [1.807, 2.05) is 6.92 Å². The van der Waals surface area contributed by atoms with E-state index in [-0.39, 0.29) is 12.0 Å². The van der Waals surface area contributed by atoms with E-state index < -0.39 is 12.1 Å². The third-order valence-corrected chi connectivity index (χ3v) is 6.39. The zero-order valence-electron chi connectivity index (χ0n) is 16.4. The third-order valence-electron chi connectivity index (χ3n) is 6.39. The minimum Gasteiger partial charge on any atom is -0.494 e. The normalized spacial score (nSPS) is 25.2. The molecule has 0 aromatic heterocycles. The molecule has 28 heavy (non-hydrogen) atoms. The van der Waals surface area contributed by atoms with Crippen molar-refractivity contribution in [2.24, 2.45) is 0 Å². The summed E-state index contributed by atoms with van der Waals surface area (Å²) in [5, 5.41) is 10.0. The SMILES string of the molecule is Cc1ccc(C2CC2)c(C2C=C3CCCOC3=CC2)c1C(OC1CC1)C(=O)O. The van der Waals surface area contributed by atoms with E-state index in [4.69, 9.17) is 9.47 Å². The summed E-state index contributed by atoms with van der Waals surface area (Å²) in [5.41, 5.74) is 5.76. The first-order chi connectivity index (χ1) is 13.6. The molecule has 4 aliphatic rings. The molecule has 2 unspecified atom stereocenters. The smallest absolute Gasteiger partial charge is 0.337 e. The summed E-state index contributed by atoms with van der Waals surface area (Å²) in [6.07, 6.45) is 11.1. The van der Waals surface area contributed by atoms with Crippen molar-refractivity contribution >= 4 is 5.97 Å². The van der Waals surface area contributed by atoms with Crippen LogP contribution in [0.25, 0.3) is 0 Å². The van der Waals surface area contributed by atoms with Crippen LogP contribution in [0.4, 0.5) is 0 Å². The second-order valence-electron chi connectivity index (χ2n) is 8.68. The fourth-order valence-corrected chi connectivity index (χ4v) is 4.68. The molecule has 1 aliphatic heterocycles. The number of hydrogen-bond acceptors (Lipinski definition) is 3. The maximum Gasteiger partial charge on any atom is 0.337 e. The van der Waals surface area contributed by atoms with Gasteiger partial charge in [-0.2, -0.15) is 0 Å². The van der Waals surface area contributed by atoms with E-state index in [9.17, 15) is 9.90 Å². The summed E-state index contributed by atoms with van der Waals surface area (Å²) in [5.74, 6) is 0.935. The fraction of sp³-hybridized carbons (Fsp3) is 0.542. The number of ether oxygens (including phenoxy) is 2. The molecule has 1 saturated heterocycles. The van der Waals surface area contributed by atoms with Gasteiger partial charge in [-0.15, -0.1) is 0 Å². The number of carboxylic acid groups (broad SMARTS) is 1. The van der Waals surface area contributed by atoms with Crippen LogP contribution in [0.2, 0.25) is 0 Å². The number of allylic oxidation sites excluding steroid dienone is 3. The summed E-state index contributed by atoms with van der Waals surface area (Å²) < 4.78 is 11.9. The Labute approximate surface area is 166 Å². The van der Waals surface area contributed by atoms with Gasteiger partial charge in [0.15, 0.2) is 6.10 Å². The van der Waals surface area contributed by atoms with Crippen LogP contribution in [-0.2, 0) is 14.3 Å². The van der Waals surface area contributed by atoms with Crippen molar-refractivity contribution in [1.29, 1.82) is 0 Å². The number of carboxylic acids is 1. The Morgan fingerprint density at radius 3 is 2.79 bits per heavy atom. The molecule has 1 aromatic carbocycles. The predicted molar refractivity (Wildman–Crippen MR) is 106 cm³/mol. The van der Waals surface area contributed by atoms with Crippen molar-refractivity contribution in [1.82, 2.24) is 0 Å². The topological polar surface area (TPSA) is 55.8 Å². The molecule has 0 radical (unpaired) electrons. The van der Waals surface area contributed by atoms with Gasteiger partial charge in [0.2, 0.25) is 0 Å². The Morgan fingerprint density at radius 1 is 1.25 bits per heavy atom. The minimum atomic E-state index is -0.870. The van der Waals surface area contributed by atoms with Gasteiger partial charge in [0.1, 0.15) is 5.76 Å². The van der Waals surface area contributed by atoms with Crippen LogP contribution < -0.4 is 0 Å². The molecule has 5 rings (SSSR count). The average Bonchev–Trinajstić information content (AvgIpc) is 3.60. The van der Waals surface area contributed by atoms with E-state index in [1.54, 1.807) is 0 Å². The van der Waals surface area contributed by atoms with Crippen molar-refractivity contribution in [3.05, 3.63) is 57.9 Å². The Balaban J connectivity index is 1.61. The van der Waals surface area contributed by atoms with Crippen molar-refractivity contribution in [2.45, 2.75) is 75.9 Å². The van der Waals surface area contributed by atoms with E-state index in [1.165, 1.54) is 29.5 Å². The van der Waals surface area contributed by atoms with Crippen LogP contribution >= 0.6 is 0 Å². The summed E-state index contributed by atoms with van der Waals surface area (Å²) in [7, 11) is 0. The molecule has 0 bridgehead atoms. The van der Waals surface area contributed by atoms with Crippen molar-refractivity contribution < 1.29 is 19.4 Å². The molecular weight excluding hydrogens is 352 g/mol. The van der Waals surface area contributed by atoms with Crippen LogP contribution in [0.1, 0.15) is 85.1 Å². The highest BCUT2D eigenvalue weighted by Crippen LogP contribution is 2.49. The van der Waals surface area contributed by atoms with Gasteiger partial charge in [0.25, 0.3) is 0 Å². The number of rotatable bonds is 6. The molecule has 1 aromatic rings. The van der Waals surface area contributed by atoms with Crippen LogP contribution in [-0.4, -0.2) is 23.8 Å². The molecule has 2 saturated carbocycles. The van der Waals surface area contributed by atoms with Crippen LogP contribution in [0.5, 0.6) is 0 Å². The minimum absolute atomic E-state index is 0.0980. The number of fused-ring (bicyclic) bond motifs is 1. The van der Waals surface area contributed by atoms with Crippen LogP contribution in [0.3, 0.4) is 0 Å². The van der Waals surface area contributed by atoms with Gasteiger partial charge < -0.3 is 14.6 Å². The lowest BCUT2D eigenvalue weighted by atomic mass is 9.78. The lowest BCUT2D eigenvalue weighted by molar-refractivity contribution is -0.152. The number of aryl methyl sites for hydroxylation is 1. The fourth-order valence-electron chi connectivity index (χ4n) is 4.68. The second kappa shape index (κ2) is 7.07. The highest BCUT2D eigenvalue weighted by atomic mass is 16.5. The second-order valence-corrected chi connectivity index (χ2v) is 8.68. The summed E-state index contributed by atoms with van der Waals surface area (Å²) in [6.45, 7) is 2.83. The quantitative estimate of drug-likeness (QED) is 0.729. The Kier molecular flexibility index (Phi) is 4.54. The van der Waals surface area contributed by atoms with Crippen molar-refractivity contribution in [3.8, 4) is 0 Å². The van der Waals surface area contributed by atoms with E-state index in [0.717, 1.165) is 55.6 Å². The molecule has 0 amide bonds. The zero-order chi connectivity index (χ0) is 19.3. The number of carbonyl (C=O) groups is 1. The summed E-state index contributed by atoms with van der Waals surface area (Å²) in [6, 6.07) is 4.33. The lowest BCUT2D eigenvalue weighted by Crippen LogP contribution is -2.22. The van der Waals surface area contributed by atoms with Crippen molar-refractivity contribution in [3.63, 3.8) is 0 Å². The molecule has 1 heterocycles. The lowest BCUT2D eigenvalue weighted by Gasteiger charge is -2.30. The maximum absolute atomic E-state index is 12.2. The Bertz CT molecular complexity index is 858. The van der Waals surface area contributed by atoms with E-state index in [0.29, 0.717) is 5.92 Å². The van der Waals surface area contributed by atoms with E-state index in [2.05, 4.69) is 24.3 Å². The summed E-state index contributed by atoms with van der Waals surface area (Å²) in [4.78, 5) is 12.2. The van der Waals surface area contributed by atoms with Gasteiger partial charge in [-0.1, -0.05) is 18.2 Å². The molecule has 2 atom stereocenters. The standard InChI is InChI=1S/C24H28O4/c1-14-4-10-19(15-5-6-15)22(21(14)23(24(25)26)28-18-8-9-18)17-7-11-20-16(13-17)3-2-12-27-20/h4,10-11,13,15,17-18,23H,2-3,5-9,12H2,1H3,(H,25,26). The molecule has 4 nitrogen and oxygen atoms in total. The first-order valence-corrected chi connectivity index (χ1v) is 10.7. The predicted octanol–water partition coefficient (Wildman–Crippen LogP) is 5.29. The van der Waals surface area contributed by atoms with Gasteiger partial charge in [0.05, 0.1) is 12.7 Å². The Morgan fingerprint density at radius 2 is 2.07 bits per heavy atom.